The van der Waals surface area contributed by atoms with Crippen LogP contribution in [-0.4, -0.2) is 42.5 Å². The average Bonchev–Trinajstić information content (AvgIpc) is 3.29. The van der Waals surface area contributed by atoms with Gasteiger partial charge in [-0.05, 0) is 30.2 Å². The Morgan fingerprint density at radius 3 is 2.57 bits per heavy atom. The minimum atomic E-state index is -0.296. The van der Waals surface area contributed by atoms with Gasteiger partial charge in [0.25, 0.3) is 0 Å². The van der Waals surface area contributed by atoms with Crippen molar-refractivity contribution >= 4 is 6.03 Å². The zero-order chi connectivity index (χ0) is 20.3. The minimum Gasteiger partial charge on any atom is -0.328 e. The molecule has 0 radical (unpaired) electrons. The number of aromatic nitrogens is 5. The molecule has 0 aliphatic carbocycles. The van der Waals surface area contributed by atoms with Crippen LogP contribution in [0.2, 0.25) is 0 Å². The van der Waals surface area contributed by atoms with Gasteiger partial charge in [0.1, 0.15) is 18.0 Å². The lowest BCUT2D eigenvalue weighted by atomic mass is 10.0. The molecule has 1 atom stereocenters. The molecule has 148 valence electrons. The lowest BCUT2D eigenvalue weighted by Gasteiger charge is -2.25. The Kier molecular flexibility index (Phi) is 5.72. The number of carbonyl (C=O) groups excluding carboxylic acids is 1. The maximum atomic E-state index is 13.1. The van der Waals surface area contributed by atoms with Crippen molar-refractivity contribution in [2.24, 2.45) is 13.0 Å². The molecule has 0 aliphatic heterocycles. The third-order valence-corrected chi connectivity index (χ3v) is 4.46. The quantitative estimate of drug-likeness (QED) is 0.707. The van der Waals surface area contributed by atoms with E-state index in [2.05, 4.69) is 20.5 Å². The number of hydrogen-bond donors (Lipinski definition) is 1. The number of hydrogen-bond acceptors (Lipinski definition) is 4. The van der Waals surface area contributed by atoms with Gasteiger partial charge in [0.15, 0.2) is 0 Å². The van der Waals surface area contributed by atoms with Crippen molar-refractivity contribution in [3.63, 3.8) is 0 Å². The molecule has 2 amide bonds. The highest BCUT2D eigenvalue weighted by Gasteiger charge is 2.24. The normalized spacial score (nSPS) is 12.2. The summed E-state index contributed by atoms with van der Waals surface area (Å²) in [5.74, 6) is 0.567. The minimum absolute atomic E-state index is 0.154. The van der Waals surface area contributed by atoms with Crippen LogP contribution >= 0.6 is 0 Å². The fourth-order valence-electron chi connectivity index (χ4n) is 2.88. The second kappa shape index (κ2) is 8.20. The molecule has 1 N–H and O–H groups in total. The number of aryl methyl sites for hydroxylation is 1. The van der Waals surface area contributed by atoms with E-state index >= 15 is 0 Å². The summed E-state index contributed by atoms with van der Waals surface area (Å²) in [5, 5.41) is 11.4. The SMILES string of the molecule is CC(C)C(NC(=O)N(C)Cc1cnn(-c2ccc(F)cc2)c1)c1ncnn1C. The smallest absolute Gasteiger partial charge is 0.318 e. The van der Waals surface area contributed by atoms with Gasteiger partial charge in [0.05, 0.1) is 24.5 Å². The molecule has 0 fully saturated rings. The first-order valence-electron chi connectivity index (χ1n) is 9.00. The summed E-state index contributed by atoms with van der Waals surface area (Å²) in [4.78, 5) is 18.5. The van der Waals surface area contributed by atoms with E-state index in [1.54, 1.807) is 46.7 Å². The van der Waals surface area contributed by atoms with Crippen LogP contribution in [0.4, 0.5) is 9.18 Å². The van der Waals surface area contributed by atoms with Crippen LogP contribution in [0, 0.1) is 11.7 Å². The number of rotatable bonds is 6. The fraction of sp³-hybridized carbons (Fsp3) is 0.368. The van der Waals surface area contributed by atoms with Crippen molar-refractivity contribution in [3.05, 3.63) is 60.2 Å². The van der Waals surface area contributed by atoms with Crippen LogP contribution in [0.1, 0.15) is 31.3 Å². The highest BCUT2D eigenvalue weighted by atomic mass is 19.1. The predicted octanol–water partition coefficient (Wildman–Crippen LogP) is 2.68. The van der Waals surface area contributed by atoms with Gasteiger partial charge in [-0.3, -0.25) is 4.68 Å². The van der Waals surface area contributed by atoms with E-state index in [1.165, 1.54) is 18.5 Å². The molecule has 1 aromatic carbocycles. The van der Waals surface area contributed by atoms with Gasteiger partial charge in [-0.15, -0.1) is 0 Å². The summed E-state index contributed by atoms with van der Waals surface area (Å²) in [7, 11) is 3.52. The molecule has 0 spiro atoms. The van der Waals surface area contributed by atoms with E-state index in [-0.39, 0.29) is 23.8 Å². The Balaban J connectivity index is 1.65. The molecule has 3 rings (SSSR count). The first-order valence-corrected chi connectivity index (χ1v) is 9.00. The number of carbonyl (C=O) groups is 1. The molecule has 2 heterocycles. The average molecular weight is 385 g/mol. The van der Waals surface area contributed by atoms with Crippen molar-refractivity contribution in [2.75, 3.05) is 7.05 Å². The van der Waals surface area contributed by atoms with Crippen LogP contribution < -0.4 is 5.32 Å². The van der Waals surface area contributed by atoms with Gasteiger partial charge in [0, 0.05) is 25.9 Å². The van der Waals surface area contributed by atoms with Gasteiger partial charge in [-0.2, -0.15) is 10.2 Å². The van der Waals surface area contributed by atoms with Crippen LogP contribution in [0.3, 0.4) is 0 Å². The third kappa shape index (κ3) is 4.36. The van der Waals surface area contributed by atoms with Gasteiger partial charge >= 0.3 is 6.03 Å². The number of halogens is 1. The van der Waals surface area contributed by atoms with Crippen LogP contribution in [-0.2, 0) is 13.6 Å². The topological polar surface area (TPSA) is 80.9 Å². The zero-order valence-electron chi connectivity index (χ0n) is 16.4. The highest BCUT2D eigenvalue weighted by molar-refractivity contribution is 5.74. The molecular weight excluding hydrogens is 361 g/mol. The van der Waals surface area contributed by atoms with E-state index in [9.17, 15) is 9.18 Å². The molecule has 1 unspecified atom stereocenters. The molecule has 2 aromatic heterocycles. The fourth-order valence-corrected chi connectivity index (χ4v) is 2.88. The maximum Gasteiger partial charge on any atom is 0.318 e. The van der Waals surface area contributed by atoms with E-state index in [0.717, 1.165) is 11.3 Å². The molecule has 0 saturated heterocycles. The standard InChI is InChI=1S/C19H24FN7O/c1-13(2)17(18-21-12-23-26(18)4)24-19(28)25(3)10-14-9-22-27(11-14)16-7-5-15(20)6-8-16/h5-9,11-13,17H,10H2,1-4H3,(H,24,28). The zero-order valence-corrected chi connectivity index (χ0v) is 16.4. The van der Waals surface area contributed by atoms with Crippen molar-refractivity contribution in [2.45, 2.75) is 26.4 Å². The Morgan fingerprint density at radius 1 is 1.25 bits per heavy atom. The molecule has 9 heteroatoms. The maximum absolute atomic E-state index is 13.1. The van der Waals surface area contributed by atoms with Gasteiger partial charge in [-0.25, -0.2) is 18.9 Å². The number of benzene rings is 1. The lowest BCUT2D eigenvalue weighted by Crippen LogP contribution is -2.41. The summed E-state index contributed by atoms with van der Waals surface area (Å²) >= 11 is 0. The Labute approximate surface area is 163 Å². The Morgan fingerprint density at radius 2 is 1.96 bits per heavy atom. The van der Waals surface area contributed by atoms with Crippen LogP contribution in [0.15, 0.2) is 43.0 Å². The van der Waals surface area contributed by atoms with Crippen molar-refractivity contribution < 1.29 is 9.18 Å². The molecular formula is C19H24FN7O. The molecule has 28 heavy (non-hydrogen) atoms. The van der Waals surface area contributed by atoms with Crippen LogP contribution in [0.25, 0.3) is 5.69 Å². The van der Waals surface area contributed by atoms with E-state index in [4.69, 9.17) is 0 Å². The van der Waals surface area contributed by atoms with E-state index < -0.39 is 0 Å². The third-order valence-electron chi connectivity index (χ3n) is 4.46. The summed E-state index contributed by atoms with van der Waals surface area (Å²) in [5.41, 5.74) is 1.61. The predicted molar refractivity (Wildman–Crippen MR) is 102 cm³/mol. The molecule has 0 bridgehead atoms. The van der Waals surface area contributed by atoms with Crippen molar-refractivity contribution in [1.82, 2.24) is 34.8 Å². The monoisotopic (exact) mass is 385 g/mol. The summed E-state index contributed by atoms with van der Waals surface area (Å²) in [6, 6.07) is 5.61. The Bertz CT molecular complexity index is 932. The second-order valence-corrected chi connectivity index (χ2v) is 7.04. The van der Waals surface area contributed by atoms with E-state index in [0.29, 0.717) is 12.4 Å². The van der Waals surface area contributed by atoms with Crippen molar-refractivity contribution in [1.29, 1.82) is 0 Å². The largest absolute Gasteiger partial charge is 0.328 e. The van der Waals surface area contributed by atoms with E-state index in [1.807, 2.05) is 20.0 Å². The summed E-state index contributed by atoms with van der Waals surface area (Å²) in [6.07, 6.45) is 4.99. The van der Waals surface area contributed by atoms with Gasteiger partial charge in [-0.1, -0.05) is 13.8 Å². The van der Waals surface area contributed by atoms with Gasteiger partial charge < -0.3 is 10.2 Å². The molecule has 8 nitrogen and oxygen atoms in total. The second-order valence-electron chi connectivity index (χ2n) is 7.04. The number of nitrogens with one attached hydrogen (secondary N) is 1. The number of nitrogens with zero attached hydrogens (tertiary/aromatic N) is 6. The van der Waals surface area contributed by atoms with Gasteiger partial charge in [0.2, 0.25) is 0 Å². The molecule has 0 aliphatic rings. The van der Waals surface area contributed by atoms with Crippen LogP contribution in [0.5, 0.6) is 0 Å². The summed E-state index contributed by atoms with van der Waals surface area (Å²) in [6.45, 7) is 4.43. The Hall–Kier alpha value is -3.23. The lowest BCUT2D eigenvalue weighted by molar-refractivity contribution is 0.197. The number of amides is 2. The van der Waals surface area contributed by atoms with Crippen molar-refractivity contribution in [3.8, 4) is 5.69 Å². The highest BCUT2D eigenvalue weighted by Crippen LogP contribution is 2.19. The first-order chi connectivity index (χ1) is 13.3. The first kappa shape index (κ1) is 19.5. The number of urea groups is 1. The summed E-state index contributed by atoms with van der Waals surface area (Å²) < 4.78 is 16.4. The molecule has 3 aromatic rings. The molecule has 0 saturated carbocycles.